The van der Waals surface area contributed by atoms with Gasteiger partial charge in [0, 0.05) is 18.7 Å². The van der Waals surface area contributed by atoms with Crippen molar-refractivity contribution < 1.29 is 4.74 Å². The number of hydrogen-bond donors (Lipinski definition) is 1. The quantitative estimate of drug-likeness (QED) is 0.796. The molecule has 0 unspecified atom stereocenters. The summed E-state index contributed by atoms with van der Waals surface area (Å²) >= 11 is 0. The second-order valence-corrected chi connectivity index (χ2v) is 5.70. The predicted molar refractivity (Wildman–Crippen MR) is 80.5 cm³/mol. The molecule has 0 aromatic heterocycles. The second kappa shape index (κ2) is 6.95. The van der Waals surface area contributed by atoms with Gasteiger partial charge in [0.05, 0.1) is 6.61 Å². The number of benzene rings is 1. The number of ether oxygens (including phenoxy) is 1. The van der Waals surface area contributed by atoms with Gasteiger partial charge in [-0.25, -0.2) is 0 Å². The topological polar surface area (TPSA) is 21.3 Å². The van der Waals surface area contributed by atoms with Crippen LogP contribution in [0, 0.1) is 5.41 Å². The van der Waals surface area contributed by atoms with Crippen LogP contribution in [-0.4, -0.2) is 13.2 Å². The van der Waals surface area contributed by atoms with Gasteiger partial charge in [-0.3, -0.25) is 0 Å². The van der Waals surface area contributed by atoms with Gasteiger partial charge in [0.2, 0.25) is 0 Å². The number of hydrogen-bond acceptors (Lipinski definition) is 2. The second-order valence-electron chi connectivity index (χ2n) is 5.70. The molecular weight excluding hydrogens is 234 g/mol. The van der Waals surface area contributed by atoms with Crippen LogP contribution in [0.2, 0.25) is 0 Å². The summed E-state index contributed by atoms with van der Waals surface area (Å²) < 4.78 is 5.67. The minimum atomic E-state index is 0.556. The molecule has 1 aliphatic carbocycles. The van der Waals surface area contributed by atoms with E-state index >= 15 is 0 Å². The Balaban J connectivity index is 1.88. The number of nitrogens with one attached hydrogen (secondary N) is 1. The number of para-hydroxylation sites is 1. The Kier molecular flexibility index (Phi) is 5.26. The standard InChI is InChI=1S/C17H27NO/c1-3-17(11-7-8-12-17)14-18-13-15-9-5-6-10-16(15)19-4-2/h5-6,9-10,18H,3-4,7-8,11-14H2,1-2H3. The maximum Gasteiger partial charge on any atom is 0.123 e. The van der Waals surface area contributed by atoms with Gasteiger partial charge in [-0.05, 0) is 37.7 Å². The van der Waals surface area contributed by atoms with Gasteiger partial charge < -0.3 is 10.1 Å². The minimum Gasteiger partial charge on any atom is -0.494 e. The summed E-state index contributed by atoms with van der Waals surface area (Å²) in [6, 6.07) is 8.35. The fraction of sp³-hybridized carbons (Fsp3) is 0.647. The maximum atomic E-state index is 5.67. The Labute approximate surface area is 117 Å². The average Bonchev–Trinajstić information content (AvgIpc) is 2.90. The molecule has 1 aromatic rings. The van der Waals surface area contributed by atoms with E-state index < -0.39 is 0 Å². The fourth-order valence-electron chi connectivity index (χ4n) is 3.19. The summed E-state index contributed by atoms with van der Waals surface area (Å²) in [5.41, 5.74) is 1.83. The van der Waals surface area contributed by atoms with Crippen LogP contribution < -0.4 is 10.1 Å². The van der Waals surface area contributed by atoms with Crippen LogP contribution in [0.5, 0.6) is 5.75 Å². The highest BCUT2D eigenvalue weighted by molar-refractivity contribution is 5.33. The molecule has 0 bridgehead atoms. The molecule has 0 heterocycles. The first-order valence-electron chi connectivity index (χ1n) is 7.71. The van der Waals surface area contributed by atoms with Crippen molar-refractivity contribution in [3.63, 3.8) is 0 Å². The predicted octanol–water partition coefficient (Wildman–Crippen LogP) is 4.15. The summed E-state index contributed by atoms with van der Waals surface area (Å²) in [5, 5.41) is 3.65. The molecule has 1 aliphatic rings. The average molecular weight is 261 g/mol. The third kappa shape index (κ3) is 3.73. The van der Waals surface area contributed by atoms with Crippen LogP contribution in [0.4, 0.5) is 0 Å². The molecule has 2 heteroatoms. The summed E-state index contributed by atoms with van der Waals surface area (Å²) in [6.45, 7) is 7.16. The van der Waals surface area contributed by atoms with Gasteiger partial charge in [0.25, 0.3) is 0 Å². The first kappa shape index (κ1) is 14.4. The monoisotopic (exact) mass is 261 g/mol. The molecule has 0 aliphatic heterocycles. The Morgan fingerprint density at radius 2 is 1.89 bits per heavy atom. The van der Waals surface area contributed by atoms with E-state index in [2.05, 4.69) is 30.4 Å². The van der Waals surface area contributed by atoms with E-state index in [1.54, 1.807) is 0 Å². The zero-order chi connectivity index (χ0) is 13.6. The highest BCUT2D eigenvalue weighted by Gasteiger charge is 2.31. The SMILES string of the molecule is CCOc1ccccc1CNCC1(CC)CCCC1. The molecule has 0 radical (unpaired) electrons. The van der Waals surface area contributed by atoms with Gasteiger partial charge in [0.15, 0.2) is 0 Å². The van der Waals surface area contributed by atoms with Crippen molar-refractivity contribution in [2.45, 2.75) is 52.5 Å². The Bertz CT molecular complexity index is 383. The lowest BCUT2D eigenvalue weighted by Crippen LogP contribution is -2.31. The molecule has 0 atom stereocenters. The van der Waals surface area contributed by atoms with Gasteiger partial charge in [-0.15, -0.1) is 0 Å². The van der Waals surface area contributed by atoms with Gasteiger partial charge in [-0.1, -0.05) is 38.0 Å². The van der Waals surface area contributed by atoms with Crippen LogP contribution in [0.3, 0.4) is 0 Å². The van der Waals surface area contributed by atoms with E-state index in [0.717, 1.165) is 25.4 Å². The summed E-state index contributed by atoms with van der Waals surface area (Å²) in [7, 11) is 0. The lowest BCUT2D eigenvalue weighted by molar-refractivity contribution is 0.267. The van der Waals surface area contributed by atoms with E-state index in [1.165, 1.54) is 37.7 Å². The van der Waals surface area contributed by atoms with Gasteiger partial charge >= 0.3 is 0 Å². The number of rotatable bonds is 7. The molecule has 2 rings (SSSR count). The highest BCUT2D eigenvalue weighted by atomic mass is 16.5. The van der Waals surface area contributed by atoms with E-state index in [0.29, 0.717) is 5.41 Å². The molecule has 1 fully saturated rings. The lowest BCUT2D eigenvalue weighted by Gasteiger charge is -2.28. The Morgan fingerprint density at radius 3 is 2.58 bits per heavy atom. The molecular formula is C17H27NO. The van der Waals surface area contributed by atoms with Gasteiger partial charge in [0.1, 0.15) is 5.75 Å². The van der Waals surface area contributed by atoms with E-state index in [1.807, 2.05) is 13.0 Å². The van der Waals surface area contributed by atoms with Crippen LogP contribution in [0.15, 0.2) is 24.3 Å². The van der Waals surface area contributed by atoms with Crippen LogP contribution in [0.25, 0.3) is 0 Å². The van der Waals surface area contributed by atoms with Crippen molar-refractivity contribution in [2.24, 2.45) is 5.41 Å². The Morgan fingerprint density at radius 1 is 1.16 bits per heavy atom. The molecule has 19 heavy (non-hydrogen) atoms. The lowest BCUT2D eigenvalue weighted by atomic mass is 9.83. The fourth-order valence-corrected chi connectivity index (χ4v) is 3.19. The van der Waals surface area contributed by atoms with Crippen molar-refractivity contribution in [2.75, 3.05) is 13.2 Å². The third-order valence-corrected chi connectivity index (χ3v) is 4.50. The zero-order valence-electron chi connectivity index (χ0n) is 12.4. The molecule has 0 spiro atoms. The van der Waals surface area contributed by atoms with Crippen LogP contribution in [0.1, 0.15) is 51.5 Å². The highest BCUT2D eigenvalue weighted by Crippen LogP contribution is 2.40. The molecule has 0 amide bonds. The smallest absolute Gasteiger partial charge is 0.123 e. The van der Waals surface area contributed by atoms with Crippen molar-refractivity contribution in [3.8, 4) is 5.75 Å². The zero-order valence-corrected chi connectivity index (χ0v) is 12.4. The first-order valence-corrected chi connectivity index (χ1v) is 7.71. The third-order valence-electron chi connectivity index (χ3n) is 4.50. The van der Waals surface area contributed by atoms with Crippen molar-refractivity contribution in [1.29, 1.82) is 0 Å². The molecule has 106 valence electrons. The summed E-state index contributed by atoms with van der Waals surface area (Å²) in [4.78, 5) is 0. The van der Waals surface area contributed by atoms with E-state index in [9.17, 15) is 0 Å². The van der Waals surface area contributed by atoms with E-state index in [-0.39, 0.29) is 0 Å². The van der Waals surface area contributed by atoms with Crippen molar-refractivity contribution in [1.82, 2.24) is 5.32 Å². The molecule has 1 N–H and O–H groups in total. The summed E-state index contributed by atoms with van der Waals surface area (Å²) in [5.74, 6) is 1.02. The van der Waals surface area contributed by atoms with Crippen molar-refractivity contribution in [3.05, 3.63) is 29.8 Å². The molecule has 2 nitrogen and oxygen atoms in total. The largest absolute Gasteiger partial charge is 0.494 e. The maximum absolute atomic E-state index is 5.67. The Hall–Kier alpha value is -1.02. The van der Waals surface area contributed by atoms with Crippen LogP contribution >= 0.6 is 0 Å². The first-order chi connectivity index (χ1) is 9.29. The summed E-state index contributed by atoms with van der Waals surface area (Å²) in [6.07, 6.45) is 6.90. The van der Waals surface area contributed by atoms with Crippen LogP contribution in [-0.2, 0) is 6.54 Å². The van der Waals surface area contributed by atoms with E-state index in [4.69, 9.17) is 4.74 Å². The minimum absolute atomic E-state index is 0.556. The normalized spacial score (nSPS) is 17.6. The van der Waals surface area contributed by atoms with Gasteiger partial charge in [-0.2, -0.15) is 0 Å². The molecule has 0 saturated heterocycles. The van der Waals surface area contributed by atoms with Crippen molar-refractivity contribution >= 4 is 0 Å². The molecule has 1 saturated carbocycles. The molecule has 1 aromatic carbocycles.